The van der Waals surface area contributed by atoms with Gasteiger partial charge >= 0.3 is 0 Å². The standard InChI is InChI=1S/C46H25Br/c1-18-8-25-23-6-5-7-24-26-9-19(2)11-28-30-13-21(4)15-32-34-17-22(47)16-33-31-14-20(3)12-29-27(10-18)36(25)42-41(35(23)24)43(37(26)28)45(39(30)32)46(40(33)34)44(42)38(29)31/h5-17H,1-4H3. The lowest BCUT2D eigenvalue weighted by Crippen LogP contribution is -2.01. The minimum Gasteiger partial charge on any atom is -0.0610 e. The SMILES string of the molecule is Cc1cc2c3cccc4c5cc(C)cc6c7cc(C)cc8c9cc(Br)cc%10c%11cc(C)cc%12c(c1)c2c1c(c34)c(c56)c(c78)c(c%109)c1c%12%11. The lowest BCUT2D eigenvalue weighted by atomic mass is 9.73. The van der Waals surface area contributed by atoms with Crippen molar-refractivity contribution in [3.05, 3.63) is 106 Å². The van der Waals surface area contributed by atoms with Crippen molar-refractivity contribution >= 4 is 145 Å². The van der Waals surface area contributed by atoms with Gasteiger partial charge in [0.1, 0.15) is 0 Å². The van der Waals surface area contributed by atoms with Crippen LogP contribution in [0.4, 0.5) is 0 Å². The van der Waals surface area contributed by atoms with E-state index in [-0.39, 0.29) is 0 Å². The summed E-state index contributed by atoms with van der Waals surface area (Å²) < 4.78 is 1.14. The normalized spacial score (nSPS) is 13.6. The highest BCUT2D eigenvalue weighted by Crippen LogP contribution is 2.60. The number of hydrogen-bond acceptors (Lipinski definition) is 0. The van der Waals surface area contributed by atoms with Crippen molar-refractivity contribution in [1.82, 2.24) is 0 Å². The number of fused-ring (bicyclic) bond motifs is 6. The lowest BCUT2D eigenvalue weighted by Gasteiger charge is -2.29. The first-order valence-corrected chi connectivity index (χ1v) is 17.5. The predicted octanol–water partition coefficient (Wildman–Crippen LogP) is 14.1. The zero-order chi connectivity index (χ0) is 30.9. The summed E-state index contributed by atoms with van der Waals surface area (Å²) in [6.45, 7) is 9.11. The van der Waals surface area contributed by atoms with E-state index in [0.29, 0.717) is 0 Å². The number of rotatable bonds is 0. The number of benzene rings is 13. The molecule has 1 heteroatoms. The van der Waals surface area contributed by atoms with Crippen LogP contribution in [0.5, 0.6) is 0 Å². The second kappa shape index (κ2) is 7.28. The molecular formula is C46H25Br. The topological polar surface area (TPSA) is 0 Å². The molecule has 0 aliphatic heterocycles. The first kappa shape index (κ1) is 24.2. The molecule has 0 bridgehead atoms. The van der Waals surface area contributed by atoms with Crippen LogP contribution < -0.4 is 0 Å². The first-order chi connectivity index (χ1) is 22.9. The summed E-state index contributed by atoms with van der Waals surface area (Å²) in [4.78, 5) is 0. The Bertz CT molecular complexity index is 3320. The Kier molecular flexibility index (Phi) is 3.75. The molecule has 0 aliphatic carbocycles. The van der Waals surface area contributed by atoms with Gasteiger partial charge in [0.25, 0.3) is 0 Å². The van der Waals surface area contributed by atoms with Gasteiger partial charge in [-0.3, -0.25) is 0 Å². The minimum atomic E-state index is 1.14. The van der Waals surface area contributed by atoms with E-state index in [2.05, 4.69) is 122 Å². The molecule has 0 N–H and O–H groups in total. The van der Waals surface area contributed by atoms with Gasteiger partial charge in [-0.05, 0) is 191 Å². The molecule has 0 radical (unpaired) electrons. The second-order valence-electron chi connectivity index (χ2n) is 14.8. The van der Waals surface area contributed by atoms with Gasteiger partial charge in [0.2, 0.25) is 0 Å². The molecule has 0 spiro atoms. The van der Waals surface area contributed by atoms with E-state index >= 15 is 0 Å². The van der Waals surface area contributed by atoms with Crippen LogP contribution in [0.1, 0.15) is 22.3 Å². The Hall–Kier alpha value is -4.98. The fourth-order valence-electron chi connectivity index (χ4n) is 10.7. The summed E-state index contributed by atoms with van der Waals surface area (Å²) >= 11 is 4.00. The summed E-state index contributed by atoms with van der Waals surface area (Å²) in [5, 5.41) is 34.0. The summed E-state index contributed by atoms with van der Waals surface area (Å²) in [6.07, 6.45) is 0. The average Bonchev–Trinajstić information content (AvgIpc) is 3.05. The maximum atomic E-state index is 4.00. The molecule has 13 rings (SSSR count). The van der Waals surface area contributed by atoms with Gasteiger partial charge in [-0.15, -0.1) is 0 Å². The van der Waals surface area contributed by atoms with Gasteiger partial charge < -0.3 is 0 Å². The highest BCUT2D eigenvalue weighted by Gasteiger charge is 2.31. The zero-order valence-electron chi connectivity index (χ0n) is 26.4. The minimum absolute atomic E-state index is 1.14. The quantitative estimate of drug-likeness (QED) is 0.112. The van der Waals surface area contributed by atoms with Crippen molar-refractivity contribution in [3.63, 3.8) is 0 Å². The van der Waals surface area contributed by atoms with Crippen molar-refractivity contribution in [2.24, 2.45) is 0 Å². The molecule has 0 unspecified atom stereocenters. The van der Waals surface area contributed by atoms with E-state index < -0.39 is 0 Å². The number of aryl methyl sites for hydroxylation is 4. The highest BCUT2D eigenvalue weighted by atomic mass is 79.9. The molecule has 13 aromatic rings. The maximum Gasteiger partial charge on any atom is 0.0188 e. The highest BCUT2D eigenvalue weighted by molar-refractivity contribution is 9.10. The van der Waals surface area contributed by atoms with Gasteiger partial charge in [-0.2, -0.15) is 0 Å². The molecular weight excluding hydrogens is 632 g/mol. The van der Waals surface area contributed by atoms with E-state index in [9.17, 15) is 0 Å². The Labute approximate surface area is 277 Å². The summed E-state index contributed by atoms with van der Waals surface area (Å²) in [6, 6.07) is 31.6. The van der Waals surface area contributed by atoms with Gasteiger partial charge in [0.15, 0.2) is 0 Å². The molecule has 47 heavy (non-hydrogen) atoms. The molecule has 216 valence electrons. The third kappa shape index (κ3) is 2.41. The lowest BCUT2D eigenvalue weighted by molar-refractivity contribution is 1.52. The molecule has 0 saturated carbocycles. The summed E-state index contributed by atoms with van der Waals surface area (Å²) in [5.74, 6) is 0. The molecule has 0 amide bonds. The Morgan fingerprint density at radius 2 is 0.489 bits per heavy atom. The molecule has 0 fully saturated rings. The molecule has 0 aromatic heterocycles. The van der Waals surface area contributed by atoms with Crippen molar-refractivity contribution < 1.29 is 0 Å². The number of halogens is 1. The molecule has 0 nitrogen and oxygen atoms in total. The average molecular weight is 658 g/mol. The van der Waals surface area contributed by atoms with Crippen LogP contribution in [0.15, 0.2) is 83.3 Å². The predicted molar refractivity (Wildman–Crippen MR) is 210 cm³/mol. The van der Waals surface area contributed by atoms with Crippen LogP contribution in [0.3, 0.4) is 0 Å². The van der Waals surface area contributed by atoms with Gasteiger partial charge in [0.05, 0.1) is 0 Å². The summed E-state index contributed by atoms with van der Waals surface area (Å²) in [7, 11) is 0. The molecule has 0 atom stereocenters. The molecule has 0 aliphatic rings. The third-order valence-electron chi connectivity index (χ3n) is 12.0. The zero-order valence-corrected chi connectivity index (χ0v) is 28.0. The van der Waals surface area contributed by atoms with E-state index in [1.54, 1.807) is 0 Å². The van der Waals surface area contributed by atoms with Crippen molar-refractivity contribution in [3.8, 4) is 0 Å². The van der Waals surface area contributed by atoms with Crippen LogP contribution in [0.2, 0.25) is 0 Å². The maximum absolute atomic E-state index is 4.00. The van der Waals surface area contributed by atoms with Crippen LogP contribution in [0.25, 0.3) is 129 Å². The molecule has 0 saturated heterocycles. The second-order valence-corrected chi connectivity index (χ2v) is 15.7. The van der Waals surface area contributed by atoms with Crippen molar-refractivity contribution in [2.45, 2.75) is 27.7 Å². The fraction of sp³-hybridized carbons (Fsp3) is 0.0870. The Balaban J connectivity index is 1.61. The van der Waals surface area contributed by atoms with E-state index in [1.807, 2.05) is 0 Å². The van der Waals surface area contributed by atoms with Crippen LogP contribution in [-0.2, 0) is 0 Å². The monoisotopic (exact) mass is 656 g/mol. The molecule has 0 heterocycles. The first-order valence-electron chi connectivity index (χ1n) is 16.7. The van der Waals surface area contributed by atoms with Crippen LogP contribution in [-0.4, -0.2) is 0 Å². The van der Waals surface area contributed by atoms with Crippen LogP contribution >= 0.6 is 15.9 Å². The van der Waals surface area contributed by atoms with E-state index in [0.717, 1.165) is 4.47 Å². The Morgan fingerprint density at radius 1 is 0.277 bits per heavy atom. The fourth-order valence-corrected chi connectivity index (χ4v) is 11.2. The smallest absolute Gasteiger partial charge is 0.0188 e. The van der Waals surface area contributed by atoms with Gasteiger partial charge in [-0.1, -0.05) is 82.7 Å². The van der Waals surface area contributed by atoms with Gasteiger partial charge in [-0.25, -0.2) is 0 Å². The van der Waals surface area contributed by atoms with Crippen molar-refractivity contribution in [2.75, 3.05) is 0 Å². The largest absolute Gasteiger partial charge is 0.0610 e. The number of hydrogen-bond donors (Lipinski definition) is 0. The molecule has 13 aromatic carbocycles. The summed E-state index contributed by atoms with van der Waals surface area (Å²) in [5.41, 5.74) is 5.27. The van der Waals surface area contributed by atoms with Crippen molar-refractivity contribution in [1.29, 1.82) is 0 Å². The van der Waals surface area contributed by atoms with E-state index in [4.69, 9.17) is 0 Å². The van der Waals surface area contributed by atoms with E-state index in [1.165, 1.54) is 152 Å². The Morgan fingerprint density at radius 3 is 0.766 bits per heavy atom. The van der Waals surface area contributed by atoms with Gasteiger partial charge in [0, 0.05) is 4.47 Å². The van der Waals surface area contributed by atoms with Crippen LogP contribution in [0, 0.1) is 27.7 Å². The third-order valence-corrected chi connectivity index (χ3v) is 12.5.